The summed E-state index contributed by atoms with van der Waals surface area (Å²) in [7, 11) is 1.29. The van der Waals surface area contributed by atoms with Gasteiger partial charge in [0.2, 0.25) is 0 Å². The number of carbonyl (C=O) groups excluding carboxylic acids is 2. The summed E-state index contributed by atoms with van der Waals surface area (Å²) in [5.74, 6) is -0.916. The van der Waals surface area contributed by atoms with Crippen molar-refractivity contribution in [3.8, 4) is 0 Å². The molecule has 2 atom stereocenters. The van der Waals surface area contributed by atoms with Crippen molar-refractivity contribution in [2.24, 2.45) is 11.5 Å². The van der Waals surface area contributed by atoms with Gasteiger partial charge in [-0.25, -0.2) is 0 Å². The Morgan fingerprint density at radius 1 is 1.05 bits per heavy atom. The highest BCUT2D eigenvalue weighted by atomic mass is 35.5. The summed E-state index contributed by atoms with van der Waals surface area (Å²) in [6.45, 7) is 0.203. The van der Waals surface area contributed by atoms with Gasteiger partial charge in [0.05, 0.1) is 7.11 Å². The van der Waals surface area contributed by atoms with Gasteiger partial charge in [-0.1, -0.05) is 30.3 Å². The average molecular weight is 331 g/mol. The minimum Gasteiger partial charge on any atom is -0.468 e. The van der Waals surface area contributed by atoms with E-state index in [4.69, 9.17) is 16.2 Å². The predicted octanol–water partition coefficient (Wildman–Crippen LogP) is 1.15. The molecule has 0 saturated carbocycles. The zero-order chi connectivity index (χ0) is 15.7. The maximum atomic E-state index is 11.7. The lowest BCUT2D eigenvalue weighted by atomic mass is 10.1. The third kappa shape index (κ3) is 7.40. The molecule has 0 saturated heterocycles. The largest absolute Gasteiger partial charge is 0.468 e. The van der Waals surface area contributed by atoms with Crippen LogP contribution in [0.15, 0.2) is 30.3 Å². The van der Waals surface area contributed by atoms with E-state index in [2.05, 4.69) is 4.74 Å². The Morgan fingerprint density at radius 3 is 2.14 bits per heavy atom. The van der Waals surface area contributed by atoms with Crippen molar-refractivity contribution in [3.05, 3.63) is 35.9 Å². The molecule has 0 amide bonds. The van der Waals surface area contributed by atoms with E-state index in [-0.39, 0.29) is 19.0 Å². The van der Waals surface area contributed by atoms with Crippen LogP contribution in [0.25, 0.3) is 0 Å². The van der Waals surface area contributed by atoms with Crippen molar-refractivity contribution >= 4 is 24.3 Å². The second kappa shape index (κ2) is 11.0. The molecule has 1 unspecified atom stereocenters. The molecule has 0 heterocycles. The Kier molecular flexibility index (Phi) is 10.2. The highest BCUT2D eigenvalue weighted by Gasteiger charge is 2.18. The standard InChI is InChI=1S/C15H22N2O4.ClH/c1-20-14(18)12(16)8-5-9-13(17)15(19)21-10-11-6-3-2-4-7-11;/h2-4,6-7,12-13H,5,8-10,16-17H2,1H3;1H/t12-,13?;/m0./s1. The van der Waals surface area contributed by atoms with E-state index in [1.165, 1.54) is 7.11 Å². The van der Waals surface area contributed by atoms with Crippen molar-refractivity contribution in [1.29, 1.82) is 0 Å². The number of esters is 2. The van der Waals surface area contributed by atoms with E-state index in [0.29, 0.717) is 19.3 Å². The Morgan fingerprint density at radius 2 is 1.59 bits per heavy atom. The van der Waals surface area contributed by atoms with Gasteiger partial charge in [-0.05, 0) is 24.8 Å². The molecule has 1 aromatic carbocycles. The molecule has 22 heavy (non-hydrogen) atoms. The molecular formula is C15H23ClN2O4. The summed E-state index contributed by atoms with van der Waals surface area (Å²) in [5.41, 5.74) is 12.2. The molecule has 4 N–H and O–H groups in total. The normalized spacial score (nSPS) is 12.7. The first kappa shape index (κ1) is 20.4. The quantitative estimate of drug-likeness (QED) is 0.693. The van der Waals surface area contributed by atoms with E-state index < -0.39 is 24.0 Å². The van der Waals surface area contributed by atoms with Gasteiger partial charge in [-0.2, -0.15) is 0 Å². The number of rotatable bonds is 8. The Balaban J connectivity index is 0.00000441. The maximum Gasteiger partial charge on any atom is 0.323 e. The van der Waals surface area contributed by atoms with Gasteiger partial charge in [0.1, 0.15) is 18.7 Å². The molecule has 0 aromatic heterocycles. The Bertz CT molecular complexity index is 456. The third-order valence-corrected chi connectivity index (χ3v) is 3.06. The first-order valence-corrected chi connectivity index (χ1v) is 6.84. The van der Waals surface area contributed by atoms with Gasteiger partial charge in [-0.3, -0.25) is 9.59 Å². The number of hydrogen-bond acceptors (Lipinski definition) is 6. The molecule has 7 heteroatoms. The van der Waals surface area contributed by atoms with E-state index in [1.807, 2.05) is 30.3 Å². The van der Waals surface area contributed by atoms with Gasteiger partial charge < -0.3 is 20.9 Å². The summed E-state index contributed by atoms with van der Waals surface area (Å²) >= 11 is 0. The number of ether oxygens (including phenoxy) is 2. The molecule has 0 aliphatic heterocycles. The van der Waals surface area contributed by atoms with E-state index >= 15 is 0 Å². The van der Waals surface area contributed by atoms with Crippen LogP contribution in [0, 0.1) is 0 Å². The molecule has 124 valence electrons. The molecule has 1 aromatic rings. The fraction of sp³-hybridized carbons (Fsp3) is 0.467. The molecular weight excluding hydrogens is 308 g/mol. The smallest absolute Gasteiger partial charge is 0.323 e. The topological polar surface area (TPSA) is 105 Å². The monoisotopic (exact) mass is 330 g/mol. The molecule has 0 aliphatic rings. The summed E-state index contributed by atoms with van der Waals surface area (Å²) in [6, 6.07) is 7.99. The Labute approximate surface area is 136 Å². The number of benzene rings is 1. The number of nitrogens with two attached hydrogens (primary N) is 2. The summed E-state index contributed by atoms with van der Waals surface area (Å²) < 4.78 is 9.65. The van der Waals surface area contributed by atoms with Gasteiger partial charge in [0, 0.05) is 0 Å². The zero-order valence-electron chi connectivity index (χ0n) is 12.6. The third-order valence-electron chi connectivity index (χ3n) is 3.06. The lowest BCUT2D eigenvalue weighted by Gasteiger charge is -2.13. The SMILES string of the molecule is COC(=O)[C@@H](N)CCCC(N)C(=O)OCc1ccccc1.Cl. The fourth-order valence-electron chi connectivity index (χ4n) is 1.78. The van der Waals surface area contributed by atoms with Crippen LogP contribution in [0.4, 0.5) is 0 Å². The number of methoxy groups -OCH3 is 1. The van der Waals surface area contributed by atoms with E-state index in [1.54, 1.807) is 0 Å². The van der Waals surface area contributed by atoms with Gasteiger partial charge >= 0.3 is 11.9 Å². The van der Waals surface area contributed by atoms with Crippen LogP contribution in [0.2, 0.25) is 0 Å². The minimum atomic E-state index is -0.710. The Hall–Kier alpha value is -1.63. The lowest BCUT2D eigenvalue weighted by molar-refractivity contribution is -0.146. The summed E-state index contributed by atoms with van der Waals surface area (Å²) in [6.07, 6.45) is 1.39. The number of carbonyl (C=O) groups is 2. The zero-order valence-corrected chi connectivity index (χ0v) is 13.4. The van der Waals surface area contributed by atoms with Crippen LogP contribution in [0.5, 0.6) is 0 Å². The average Bonchev–Trinajstić information content (AvgIpc) is 2.52. The first-order valence-electron chi connectivity index (χ1n) is 6.84. The second-order valence-electron chi connectivity index (χ2n) is 4.76. The van der Waals surface area contributed by atoms with Crippen molar-refractivity contribution < 1.29 is 19.1 Å². The highest BCUT2D eigenvalue weighted by molar-refractivity contribution is 5.85. The molecule has 0 bridgehead atoms. The van der Waals surface area contributed by atoms with Crippen molar-refractivity contribution in [2.45, 2.75) is 38.0 Å². The highest BCUT2D eigenvalue weighted by Crippen LogP contribution is 2.06. The fourth-order valence-corrected chi connectivity index (χ4v) is 1.78. The summed E-state index contributed by atoms with van der Waals surface area (Å²) in [4.78, 5) is 22.8. The maximum absolute atomic E-state index is 11.7. The van der Waals surface area contributed by atoms with E-state index in [9.17, 15) is 9.59 Å². The van der Waals surface area contributed by atoms with Crippen LogP contribution in [-0.4, -0.2) is 31.1 Å². The van der Waals surface area contributed by atoms with Crippen LogP contribution in [0.3, 0.4) is 0 Å². The molecule has 0 radical (unpaired) electrons. The van der Waals surface area contributed by atoms with Crippen molar-refractivity contribution in [3.63, 3.8) is 0 Å². The summed E-state index contributed by atoms with van der Waals surface area (Å²) in [5, 5.41) is 0. The van der Waals surface area contributed by atoms with Gasteiger partial charge in [-0.15, -0.1) is 12.4 Å². The van der Waals surface area contributed by atoms with Crippen LogP contribution >= 0.6 is 12.4 Å². The van der Waals surface area contributed by atoms with Gasteiger partial charge in [0.15, 0.2) is 0 Å². The number of hydrogen-bond donors (Lipinski definition) is 2. The lowest BCUT2D eigenvalue weighted by Crippen LogP contribution is -2.34. The molecule has 1 rings (SSSR count). The van der Waals surface area contributed by atoms with Crippen LogP contribution in [0.1, 0.15) is 24.8 Å². The predicted molar refractivity (Wildman–Crippen MR) is 85.3 cm³/mol. The van der Waals surface area contributed by atoms with Crippen LogP contribution in [-0.2, 0) is 25.7 Å². The van der Waals surface area contributed by atoms with Crippen molar-refractivity contribution in [1.82, 2.24) is 0 Å². The van der Waals surface area contributed by atoms with Crippen LogP contribution < -0.4 is 11.5 Å². The molecule has 0 fully saturated rings. The first-order chi connectivity index (χ1) is 10.0. The van der Waals surface area contributed by atoms with E-state index in [0.717, 1.165) is 5.56 Å². The molecule has 0 spiro atoms. The molecule has 6 nitrogen and oxygen atoms in total. The van der Waals surface area contributed by atoms with Crippen molar-refractivity contribution in [2.75, 3.05) is 7.11 Å². The minimum absolute atomic E-state index is 0. The molecule has 0 aliphatic carbocycles. The van der Waals surface area contributed by atoms with Gasteiger partial charge in [0.25, 0.3) is 0 Å². The second-order valence-corrected chi connectivity index (χ2v) is 4.76. The number of halogens is 1.